The Kier molecular flexibility index (Phi) is 5.10. The Balaban J connectivity index is 1.89. The van der Waals surface area contributed by atoms with Crippen LogP contribution in [0.25, 0.3) is 0 Å². The van der Waals surface area contributed by atoms with E-state index in [1.807, 2.05) is 0 Å². The van der Waals surface area contributed by atoms with Gasteiger partial charge in [0.05, 0.1) is 24.1 Å². The van der Waals surface area contributed by atoms with Crippen molar-refractivity contribution < 1.29 is 22.7 Å². The van der Waals surface area contributed by atoms with Crippen molar-refractivity contribution in [1.29, 1.82) is 0 Å². The molecule has 1 aromatic heterocycles. The smallest absolute Gasteiger partial charge is 0.335 e. The fraction of sp³-hybridized carbons (Fsp3) is 0.353. The van der Waals surface area contributed by atoms with Gasteiger partial charge in [0.1, 0.15) is 10.7 Å². The van der Waals surface area contributed by atoms with Gasteiger partial charge in [0.2, 0.25) is 10.0 Å². The number of furan rings is 1. The maximum atomic E-state index is 12.8. The zero-order valence-electron chi connectivity index (χ0n) is 13.6. The molecule has 0 aliphatic heterocycles. The number of rotatable bonds is 7. The zero-order chi connectivity index (χ0) is 17.9. The molecule has 0 atom stereocenters. The first-order valence-corrected chi connectivity index (χ1v) is 9.60. The van der Waals surface area contributed by atoms with Crippen molar-refractivity contribution in [2.45, 2.75) is 43.2 Å². The number of hydrogen-bond donors (Lipinski definition) is 3. The standard InChI is InChI=1S/C17H20N2O5S/c20-17(21)12-7-8-15(18-11-14-6-3-9-24-14)16(10-12)25(22,23)19-13-4-1-2-5-13/h3,6-10,13,18-19H,1-2,4-5,11H2,(H,20,21). The number of carbonyl (C=O) groups is 1. The average molecular weight is 364 g/mol. The second-order valence-electron chi connectivity index (χ2n) is 6.05. The van der Waals surface area contributed by atoms with Gasteiger partial charge < -0.3 is 14.8 Å². The summed E-state index contributed by atoms with van der Waals surface area (Å²) >= 11 is 0. The van der Waals surface area contributed by atoms with Crippen LogP contribution in [0.2, 0.25) is 0 Å². The molecule has 3 rings (SSSR count). The molecule has 2 aromatic rings. The van der Waals surface area contributed by atoms with Gasteiger partial charge >= 0.3 is 5.97 Å². The van der Waals surface area contributed by atoms with Gasteiger partial charge in [-0.25, -0.2) is 17.9 Å². The van der Waals surface area contributed by atoms with E-state index in [4.69, 9.17) is 4.42 Å². The van der Waals surface area contributed by atoms with E-state index in [0.29, 0.717) is 18.0 Å². The molecule has 1 aromatic carbocycles. The number of benzene rings is 1. The maximum Gasteiger partial charge on any atom is 0.335 e. The molecule has 8 heteroatoms. The van der Waals surface area contributed by atoms with Gasteiger partial charge in [-0.2, -0.15) is 0 Å². The van der Waals surface area contributed by atoms with Crippen molar-refractivity contribution in [3.63, 3.8) is 0 Å². The first-order valence-electron chi connectivity index (χ1n) is 8.11. The molecule has 0 amide bonds. The van der Waals surface area contributed by atoms with Crippen molar-refractivity contribution >= 4 is 21.7 Å². The molecule has 0 unspecified atom stereocenters. The van der Waals surface area contributed by atoms with Crippen LogP contribution in [-0.4, -0.2) is 25.5 Å². The molecule has 1 fully saturated rings. The molecule has 0 saturated heterocycles. The van der Waals surface area contributed by atoms with E-state index in [2.05, 4.69) is 10.0 Å². The lowest BCUT2D eigenvalue weighted by Crippen LogP contribution is -2.33. The summed E-state index contributed by atoms with van der Waals surface area (Å²) in [5.74, 6) is -0.524. The third-order valence-electron chi connectivity index (χ3n) is 4.23. The minimum absolute atomic E-state index is 0.0640. The van der Waals surface area contributed by atoms with Crippen molar-refractivity contribution in [3.05, 3.63) is 47.9 Å². The van der Waals surface area contributed by atoms with Crippen molar-refractivity contribution in [2.75, 3.05) is 5.32 Å². The molecule has 0 spiro atoms. The SMILES string of the molecule is O=C(O)c1ccc(NCc2ccco2)c(S(=O)(=O)NC2CCCC2)c1. The predicted octanol–water partition coefficient (Wildman–Crippen LogP) is 2.81. The molecular formula is C17H20N2O5S. The van der Waals surface area contributed by atoms with Gasteiger partial charge in [-0.05, 0) is 43.2 Å². The van der Waals surface area contributed by atoms with Crippen LogP contribution in [0.3, 0.4) is 0 Å². The van der Waals surface area contributed by atoms with E-state index in [1.54, 1.807) is 12.1 Å². The van der Waals surface area contributed by atoms with Gasteiger partial charge in [-0.3, -0.25) is 0 Å². The minimum Gasteiger partial charge on any atom is -0.478 e. The minimum atomic E-state index is -3.83. The van der Waals surface area contributed by atoms with Gasteiger partial charge in [0.15, 0.2) is 0 Å². The summed E-state index contributed by atoms with van der Waals surface area (Å²) in [6.07, 6.45) is 5.11. The predicted molar refractivity (Wildman–Crippen MR) is 92.0 cm³/mol. The quantitative estimate of drug-likeness (QED) is 0.697. The molecule has 7 nitrogen and oxygen atoms in total. The maximum absolute atomic E-state index is 12.8. The highest BCUT2D eigenvalue weighted by Crippen LogP contribution is 2.26. The van der Waals surface area contributed by atoms with E-state index in [1.165, 1.54) is 24.5 Å². The third kappa shape index (κ3) is 4.21. The summed E-state index contributed by atoms with van der Waals surface area (Å²) in [5, 5.41) is 12.2. The summed E-state index contributed by atoms with van der Waals surface area (Å²) in [7, 11) is -3.83. The lowest BCUT2D eigenvalue weighted by molar-refractivity contribution is 0.0696. The Bertz CT molecular complexity index is 840. The van der Waals surface area contributed by atoms with Crippen LogP contribution < -0.4 is 10.0 Å². The van der Waals surface area contributed by atoms with Crippen LogP contribution >= 0.6 is 0 Å². The van der Waals surface area contributed by atoms with Crippen LogP contribution in [0.5, 0.6) is 0 Å². The number of hydrogen-bond acceptors (Lipinski definition) is 5. The third-order valence-corrected chi connectivity index (χ3v) is 5.79. The van der Waals surface area contributed by atoms with Gasteiger partial charge in [0.25, 0.3) is 0 Å². The van der Waals surface area contributed by atoms with Crippen LogP contribution in [0.15, 0.2) is 45.9 Å². The largest absolute Gasteiger partial charge is 0.478 e. The Morgan fingerprint density at radius 2 is 2.00 bits per heavy atom. The van der Waals surface area contributed by atoms with Crippen LogP contribution in [0.4, 0.5) is 5.69 Å². The summed E-state index contributed by atoms with van der Waals surface area (Å²) in [4.78, 5) is 11.2. The molecule has 134 valence electrons. The first-order chi connectivity index (χ1) is 12.0. The summed E-state index contributed by atoms with van der Waals surface area (Å²) in [6.45, 7) is 0.297. The molecule has 1 aliphatic rings. The number of carboxylic acids is 1. The summed E-state index contributed by atoms with van der Waals surface area (Å²) < 4.78 is 33.5. The number of nitrogens with one attached hydrogen (secondary N) is 2. The van der Waals surface area contributed by atoms with Gasteiger partial charge in [-0.15, -0.1) is 0 Å². The molecule has 25 heavy (non-hydrogen) atoms. The van der Waals surface area contributed by atoms with E-state index < -0.39 is 16.0 Å². The second-order valence-corrected chi connectivity index (χ2v) is 7.73. The Labute approximate surface area is 146 Å². The fourth-order valence-electron chi connectivity index (χ4n) is 2.95. The van der Waals surface area contributed by atoms with Crippen LogP contribution in [-0.2, 0) is 16.6 Å². The Hall–Kier alpha value is -2.32. The van der Waals surface area contributed by atoms with Crippen molar-refractivity contribution in [3.8, 4) is 0 Å². The first kappa shape index (κ1) is 17.5. The van der Waals surface area contributed by atoms with E-state index in [9.17, 15) is 18.3 Å². The van der Waals surface area contributed by atoms with Crippen molar-refractivity contribution in [1.82, 2.24) is 4.72 Å². The molecule has 0 radical (unpaired) electrons. The highest BCUT2D eigenvalue weighted by atomic mass is 32.2. The molecule has 1 aliphatic carbocycles. The van der Waals surface area contributed by atoms with E-state index in [-0.39, 0.29) is 16.5 Å². The monoisotopic (exact) mass is 364 g/mol. The van der Waals surface area contributed by atoms with Gasteiger partial charge in [-0.1, -0.05) is 12.8 Å². The lowest BCUT2D eigenvalue weighted by Gasteiger charge is -2.16. The molecule has 3 N–H and O–H groups in total. The highest BCUT2D eigenvalue weighted by molar-refractivity contribution is 7.89. The Morgan fingerprint density at radius 1 is 1.24 bits per heavy atom. The fourth-order valence-corrected chi connectivity index (χ4v) is 4.46. The molecular weight excluding hydrogens is 344 g/mol. The zero-order valence-corrected chi connectivity index (χ0v) is 14.4. The number of carboxylic acid groups (broad SMARTS) is 1. The second kappa shape index (κ2) is 7.28. The normalized spacial score (nSPS) is 15.4. The van der Waals surface area contributed by atoms with Crippen molar-refractivity contribution in [2.24, 2.45) is 0 Å². The van der Waals surface area contributed by atoms with Crippen LogP contribution in [0.1, 0.15) is 41.8 Å². The van der Waals surface area contributed by atoms with Crippen LogP contribution in [0, 0.1) is 0 Å². The average Bonchev–Trinajstić information content (AvgIpc) is 3.26. The van der Waals surface area contributed by atoms with Gasteiger partial charge in [0, 0.05) is 6.04 Å². The van der Waals surface area contributed by atoms with E-state index >= 15 is 0 Å². The molecule has 0 bridgehead atoms. The van der Waals surface area contributed by atoms with E-state index in [0.717, 1.165) is 25.7 Å². The molecule has 1 saturated carbocycles. The highest BCUT2D eigenvalue weighted by Gasteiger charge is 2.26. The topological polar surface area (TPSA) is 109 Å². The number of anilines is 1. The number of aromatic carboxylic acids is 1. The number of sulfonamides is 1. The molecule has 1 heterocycles. The Morgan fingerprint density at radius 3 is 2.64 bits per heavy atom. The summed E-state index contributed by atoms with van der Waals surface area (Å²) in [5.41, 5.74) is 0.266. The lowest BCUT2D eigenvalue weighted by atomic mass is 10.2. The summed E-state index contributed by atoms with van der Waals surface area (Å²) in [6, 6.07) is 7.44.